The lowest BCUT2D eigenvalue weighted by Crippen LogP contribution is -1.93. The van der Waals surface area contributed by atoms with Gasteiger partial charge in [0.2, 0.25) is 0 Å². The van der Waals surface area contributed by atoms with Crippen LogP contribution >= 0.6 is 0 Å². The van der Waals surface area contributed by atoms with Crippen LogP contribution in [-0.2, 0) is 7.05 Å². The van der Waals surface area contributed by atoms with E-state index in [0.717, 1.165) is 22.3 Å². The Bertz CT molecular complexity index is 447. The van der Waals surface area contributed by atoms with E-state index in [0.29, 0.717) is 0 Å². The topological polar surface area (TPSA) is 39.9 Å². The first-order valence-electron chi connectivity index (χ1n) is 4.06. The highest BCUT2D eigenvalue weighted by Gasteiger charge is 2.08. The summed E-state index contributed by atoms with van der Waals surface area (Å²) in [4.78, 5) is 0. The number of ether oxygens (including phenoxy) is 1. The lowest BCUT2D eigenvalue weighted by Gasteiger charge is -2.03. The standard InChI is InChI=1S/C9H11N3O/c1-6-4-7-9(8(5-6)13-3)12(2)11-10-7/h4-5H,1-3H3. The molecule has 0 aliphatic carbocycles. The maximum Gasteiger partial charge on any atom is 0.146 e. The Kier molecular flexibility index (Phi) is 1.69. The monoisotopic (exact) mass is 177 g/mol. The van der Waals surface area contributed by atoms with Crippen molar-refractivity contribution in [1.29, 1.82) is 0 Å². The molecule has 1 heterocycles. The highest BCUT2D eigenvalue weighted by molar-refractivity contribution is 5.82. The molecule has 13 heavy (non-hydrogen) atoms. The van der Waals surface area contributed by atoms with Crippen LogP contribution in [0.4, 0.5) is 0 Å². The van der Waals surface area contributed by atoms with Gasteiger partial charge in [-0.05, 0) is 24.6 Å². The first-order valence-corrected chi connectivity index (χ1v) is 4.06. The number of aryl methyl sites for hydroxylation is 2. The number of hydrogen-bond donors (Lipinski definition) is 0. The fourth-order valence-electron chi connectivity index (χ4n) is 1.44. The highest BCUT2D eigenvalue weighted by Crippen LogP contribution is 2.24. The molecule has 0 unspecified atom stereocenters. The first kappa shape index (κ1) is 8.04. The molecule has 68 valence electrons. The van der Waals surface area contributed by atoms with E-state index < -0.39 is 0 Å². The van der Waals surface area contributed by atoms with Gasteiger partial charge in [0, 0.05) is 7.05 Å². The zero-order valence-corrected chi connectivity index (χ0v) is 7.90. The summed E-state index contributed by atoms with van der Waals surface area (Å²) < 4.78 is 6.96. The zero-order valence-electron chi connectivity index (χ0n) is 7.90. The third-order valence-electron chi connectivity index (χ3n) is 2.03. The summed E-state index contributed by atoms with van der Waals surface area (Å²) >= 11 is 0. The predicted molar refractivity (Wildman–Crippen MR) is 49.8 cm³/mol. The van der Waals surface area contributed by atoms with Crippen LogP contribution in [0, 0.1) is 6.92 Å². The lowest BCUT2D eigenvalue weighted by molar-refractivity contribution is 0.417. The van der Waals surface area contributed by atoms with Crippen molar-refractivity contribution in [2.24, 2.45) is 7.05 Å². The molecule has 1 aromatic carbocycles. The van der Waals surface area contributed by atoms with Crippen LogP contribution in [0.1, 0.15) is 5.56 Å². The van der Waals surface area contributed by atoms with E-state index in [1.54, 1.807) is 11.8 Å². The van der Waals surface area contributed by atoms with E-state index in [4.69, 9.17) is 4.74 Å². The molecule has 0 spiro atoms. The Labute approximate surface area is 76.1 Å². The van der Waals surface area contributed by atoms with Gasteiger partial charge in [0.1, 0.15) is 16.8 Å². The molecule has 0 saturated heterocycles. The largest absolute Gasteiger partial charge is 0.494 e. The average Bonchev–Trinajstić information content (AvgIpc) is 2.46. The van der Waals surface area contributed by atoms with Gasteiger partial charge in [-0.25, -0.2) is 4.68 Å². The molecule has 0 saturated carbocycles. The van der Waals surface area contributed by atoms with Crippen LogP contribution < -0.4 is 4.74 Å². The van der Waals surface area contributed by atoms with Crippen molar-refractivity contribution in [2.45, 2.75) is 6.92 Å². The van der Waals surface area contributed by atoms with E-state index in [1.165, 1.54) is 0 Å². The quantitative estimate of drug-likeness (QED) is 0.658. The number of hydrogen-bond acceptors (Lipinski definition) is 3. The van der Waals surface area contributed by atoms with Crippen LogP contribution in [0.2, 0.25) is 0 Å². The molecule has 0 radical (unpaired) electrons. The molecule has 0 N–H and O–H groups in total. The van der Waals surface area contributed by atoms with Gasteiger partial charge >= 0.3 is 0 Å². The second kappa shape index (κ2) is 2.73. The van der Waals surface area contributed by atoms with Crippen LogP contribution in [0.25, 0.3) is 11.0 Å². The third-order valence-corrected chi connectivity index (χ3v) is 2.03. The second-order valence-corrected chi connectivity index (χ2v) is 3.05. The molecule has 4 heteroatoms. The average molecular weight is 177 g/mol. The van der Waals surface area contributed by atoms with Gasteiger partial charge in [-0.15, -0.1) is 5.10 Å². The fourth-order valence-corrected chi connectivity index (χ4v) is 1.44. The van der Waals surface area contributed by atoms with Crippen molar-refractivity contribution < 1.29 is 4.74 Å². The maximum atomic E-state index is 5.25. The summed E-state index contributed by atoms with van der Waals surface area (Å²) in [6, 6.07) is 3.97. The summed E-state index contributed by atoms with van der Waals surface area (Å²) in [5.41, 5.74) is 2.94. The second-order valence-electron chi connectivity index (χ2n) is 3.05. The van der Waals surface area contributed by atoms with E-state index in [-0.39, 0.29) is 0 Å². The van der Waals surface area contributed by atoms with Gasteiger partial charge in [0.25, 0.3) is 0 Å². The number of aromatic nitrogens is 3. The van der Waals surface area contributed by atoms with Crippen molar-refractivity contribution in [3.05, 3.63) is 17.7 Å². The molecule has 0 bridgehead atoms. The third kappa shape index (κ3) is 1.14. The SMILES string of the molecule is COc1cc(C)cc2nnn(C)c12. The lowest BCUT2D eigenvalue weighted by atomic mass is 10.2. The molecule has 2 aromatic rings. The van der Waals surface area contributed by atoms with Crippen molar-refractivity contribution >= 4 is 11.0 Å². The molecular weight excluding hydrogens is 166 g/mol. The van der Waals surface area contributed by atoms with Crippen LogP contribution in [0.3, 0.4) is 0 Å². The predicted octanol–water partition coefficient (Wildman–Crippen LogP) is 1.29. The van der Waals surface area contributed by atoms with Crippen molar-refractivity contribution in [1.82, 2.24) is 15.0 Å². The Balaban J connectivity index is 2.85. The summed E-state index contributed by atoms with van der Waals surface area (Å²) in [5, 5.41) is 7.95. The minimum Gasteiger partial charge on any atom is -0.494 e. The van der Waals surface area contributed by atoms with E-state index >= 15 is 0 Å². The van der Waals surface area contributed by atoms with Crippen molar-refractivity contribution in [2.75, 3.05) is 7.11 Å². The van der Waals surface area contributed by atoms with Gasteiger partial charge in [-0.2, -0.15) is 0 Å². The molecule has 2 rings (SSSR count). The molecule has 0 aliphatic rings. The van der Waals surface area contributed by atoms with E-state index in [2.05, 4.69) is 10.3 Å². The number of methoxy groups -OCH3 is 1. The number of rotatable bonds is 1. The zero-order chi connectivity index (χ0) is 9.42. The molecule has 0 amide bonds. The van der Waals surface area contributed by atoms with Crippen LogP contribution in [0.5, 0.6) is 5.75 Å². The first-order chi connectivity index (χ1) is 6.22. The van der Waals surface area contributed by atoms with Gasteiger partial charge in [0.15, 0.2) is 0 Å². The highest BCUT2D eigenvalue weighted by atomic mass is 16.5. The van der Waals surface area contributed by atoms with Crippen LogP contribution in [-0.4, -0.2) is 22.1 Å². The molecule has 0 atom stereocenters. The molecular formula is C9H11N3O. The Morgan fingerprint density at radius 1 is 1.38 bits per heavy atom. The molecule has 0 aliphatic heterocycles. The minimum atomic E-state index is 0.822. The number of benzene rings is 1. The normalized spacial score (nSPS) is 10.7. The molecule has 0 fully saturated rings. The molecule has 1 aromatic heterocycles. The van der Waals surface area contributed by atoms with E-state index in [1.807, 2.05) is 26.1 Å². The number of nitrogens with zero attached hydrogens (tertiary/aromatic N) is 3. The summed E-state index contributed by atoms with van der Waals surface area (Å²) in [7, 11) is 3.51. The van der Waals surface area contributed by atoms with Crippen molar-refractivity contribution in [3.63, 3.8) is 0 Å². The van der Waals surface area contributed by atoms with Gasteiger partial charge < -0.3 is 4.74 Å². The maximum absolute atomic E-state index is 5.25. The summed E-state index contributed by atoms with van der Waals surface area (Å²) in [5.74, 6) is 0.822. The number of fused-ring (bicyclic) bond motifs is 1. The summed E-state index contributed by atoms with van der Waals surface area (Å²) in [6.07, 6.45) is 0. The van der Waals surface area contributed by atoms with Gasteiger partial charge in [0.05, 0.1) is 7.11 Å². The molecule has 4 nitrogen and oxygen atoms in total. The van der Waals surface area contributed by atoms with Gasteiger partial charge in [-0.3, -0.25) is 0 Å². The summed E-state index contributed by atoms with van der Waals surface area (Å²) in [6.45, 7) is 2.01. The van der Waals surface area contributed by atoms with Crippen LogP contribution in [0.15, 0.2) is 12.1 Å². The Hall–Kier alpha value is -1.58. The smallest absolute Gasteiger partial charge is 0.146 e. The Morgan fingerprint density at radius 3 is 2.85 bits per heavy atom. The minimum absolute atomic E-state index is 0.822. The van der Waals surface area contributed by atoms with E-state index in [9.17, 15) is 0 Å². The van der Waals surface area contributed by atoms with Gasteiger partial charge in [-0.1, -0.05) is 5.21 Å². The van der Waals surface area contributed by atoms with Crippen molar-refractivity contribution in [3.8, 4) is 5.75 Å². The fraction of sp³-hybridized carbons (Fsp3) is 0.333. The Morgan fingerprint density at radius 2 is 2.15 bits per heavy atom.